The molecule has 2 aliphatic rings. The SMILES string of the molecule is Cc1ccc(NC(=O)C2(C)CC(=O)N=C3C=CC=CN32)c(C(=O)O)c1. The second kappa shape index (κ2) is 6.01. The third-order valence-electron chi connectivity index (χ3n) is 4.25. The second-order valence-electron chi connectivity index (χ2n) is 6.19. The Morgan fingerprint density at radius 3 is 2.80 bits per heavy atom. The normalized spacial score (nSPS) is 21.6. The first-order valence-corrected chi connectivity index (χ1v) is 7.72. The molecule has 1 aromatic rings. The van der Waals surface area contributed by atoms with Crippen molar-refractivity contribution in [3.63, 3.8) is 0 Å². The zero-order valence-electron chi connectivity index (χ0n) is 13.8. The molecule has 2 N–H and O–H groups in total. The number of aryl methyl sites for hydroxylation is 1. The number of aliphatic imine (C=N–C) groups is 1. The molecule has 7 heteroatoms. The Bertz CT molecular complexity index is 869. The molecule has 25 heavy (non-hydrogen) atoms. The summed E-state index contributed by atoms with van der Waals surface area (Å²) < 4.78 is 0. The third-order valence-corrected chi connectivity index (χ3v) is 4.25. The summed E-state index contributed by atoms with van der Waals surface area (Å²) in [5.74, 6) is -1.61. The topological polar surface area (TPSA) is 99.1 Å². The number of hydrogen-bond donors (Lipinski definition) is 2. The number of hydrogen-bond acceptors (Lipinski definition) is 4. The highest BCUT2D eigenvalue weighted by Crippen LogP contribution is 2.30. The number of anilines is 1. The van der Waals surface area contributed by atoms with Crippen molar-refractivity contribution in [3.05, 3.63) is 53.8 Å². The number of amides is 2. The largest absolute Gasteiger partial charge is 0.478 e. The van der Waals surface area contributed by atoms with E-state index < -0.39 is 23.3 Å². The van der Waals surface area contributed by atoms with Crippen LogP contribution in [0.2, 0.25) is 0 Å². The van der Waals surface area contributed by atoms with Gasteiger partial charge in [0, 0.05) is 6.20 Å². The van der Waals surface area contributed by atoms with Crippen LogP contribution in [-0.4, -0.2) is 39.2 Å². The van der Waals surface area contributed by atoms with Crippen molar-refractivity contribution in [3.8, 4) is 0 Å². The van der Waals surface area contributed by atoms with Crippen LogP contribution < -0.4 is 5.32 Å². The van der Waals surface area contributed by atoms with E-state index in [1.54, 1.807) is 55.3 Å². The van der Waals surface area contributed by atoms with Crippen LogP contribution in [0.4, 0.5) is 5.69 Å². The van der Waals surface area contributed by atoms with Crippen LogP contribution in [0.5, 0.6) is 0 Å². The lowest BCUT2D eigenvalue weighted by molar-refractivity contribution is -0.130. The van der Waals surface area contributed by atoms with E-state index in [2.05, 4.69) is 10.3 Å². The molecule has 1 unspecified atom stereocenters. The molecule has 2 amide bonds. The van der Waals surface area contributed by atoms with Crippen molar-refractivity contribution in [1.82, 2.24) is 4.90 Å². The summed E-state index contributed by atoms with van der Waals surface area (Å²) in [5.41, 5.74) is -0.233. The predicted octanol–water partition coefficient (Wildman–Crippen LogP) is 2.10. The van der Waals surface area contributed by atoms with Crippen LogP contribution in [0.3, 0.4) is 0 Å². The van der Waals surface area contributed by atoms with E-state index in [4.69, 9.17) is 0 Å². The van der Waals surface area contributed by atoms with Gasteiger partial charge in [0.2, 0.25) is 0 Å². The van der Waals surface area contributed by atoms with Crippen molar-refractivity contribution in [2.24, 2.45) is 4.99 Å². The molecule has 0 fully saturated rings. The van der Waals surface area contributed by atoms with E-state index in [1.165, 1.54) is 6.07 Å². The van der Waals surface area contributed by atoms with E-state index in [1.807, 2.05) is 0 Å². The molecular weight excluding hydrogens is 322 g/mol. The highest BCUT2D eigenvalue weighted by atomic mass is 16.4. The molecule has 3 rings (SSSR count). The van der Waals surface area contributed by atoms with Gasteiger partial charge in [-0.3, -0.25) is 9.59 Å². The van der Waals surface area contributed by atoms with Crippen LogP contribution in [-0.2, 0) is 9.59 Å². The average Bonchev–Trinajstić information content (AvgIpc) is 2.56. The van der Waals surface area contributed by atoms with E-state index >= 15 is 0 Å². The number of fused-ring (bicyclic) bond motifs is 1. The van der Waals surface area contributed by atoms with E-state index in [0.29, 0.717) is 5.84 Å². The number of allylic oxidation sites excluding steroid dienone is 2. The van der Waals surface area contributed by atoms with Gasteiger partial charge in [0.25, 0.3) is 11.8 Å². The first-order valence-electron chi connectivity index (χ1n) is 7.72. The highest BCUT2D eigenvalue weighted by Gasteiger charge is 2.45. The van der Waals surface area contributed by atoms with Crippen molar-refractivity contribution < 1.29 is 19.5 Å². The maximum atomic E-state index is 12.9. The van der Waals surface area contributed by atoms with Gasteiger partial charge in [-0.15, -0.1) is 0 Å². The van der Waals surface area contributed by atoms with Gasteiger partial charge < -0.3 is 15.3 Å². The Hall–Kier alpha value is -3.22. The fraction of sp³-hybridized carbons (Fsp3) is 0.222. The second-order valence-corrected chi connectivity index (χ2v) is 6.19. The lowest BCUT2D eigenvalue weighted by Crippen LogP contribution is -2.58. The minimum atomic E-state index is -1.20. The lowest BCUT2D eigenvalue weighted by Gasteiger charge is -2.41. The first-order chi connectivity index (χ1) is 11.8. The molecule has 0 saturated carbocycles. The number of amidine groups is 1. The van der Waals surface area contributed by atoms with Crippen molar-refractivity contribution in [2.75, 3.05) is 5.32 Å². The summed E-state index contributed by atoms with van der Waals surface area (Å²) in [5, 5.41) is 12.0. The summed E-state index contributed by atoms with van der Waals surface area (Å²) >= 11 is 0. The Morgan fingerprint density at radius 1 is 1.32 bits per heavy atom. The predicted molar refractivity (Wildman–Crippen MR) is 92.4 cm³/mol. The molecule has 1 aromatic carbocycles. The van der Waals surface area contributed by atoms with Crippen LogP contribution in [0.1, 0.15) is 29.3 Å². The number of carboxylic acids is 1. The molecule has 0 saturated heterocycles. The van der Waals surface area contributed by atoms with Gasteiger partial charge in [-0.05, 0) is 38.1 Å². The minimum absolute atomic E-state index is 0.00191. The summed E-state index contributed by atoms with van der Waals surface area (Å²) in [6.45, 7) is 3.40. The average molecular weight is 339 g/mol. The lowest BCUT2D eigenvalue weighted by atomic mass is 9.91. The van der Waals surface area contributed by atoms with E-state index in [9.17, 15) is 19.5 Å². The quantitative estimate of drug-likeness (QED) is 0.878. The molecule has 1 atom stereocenters. The molecule has 128 valence electrons. The van der Waals surface area contributed by atoms with Gasteiger partial charge in [0.15, 0.2) is 0 Å². The molecule has 2 heterocycles. The summed E-state index contributed by atoms with van der Waals surface area (Å²) in [4.78, 5) is 41.9. The summed E-state index contributed by atoms with van der Waals surface area (Å²) in [6.07, 6.45) is 6.70. The Balaban J connectivity index is 1.95. The van der Waals surface area contributed by atoms with Gasteiger partial charge in [0.05, 0.1) is 17.7 Å². The van der Waals surface area contributed by atoms with Gasteiger partial charge in [-0.2, -0.15) is 4.99 Å². The zero-order chi connectivity index (χ0) is 18.2. The molecule has 7 nitrogen and oxygen atoms in total. The Labute approximate surface area is 144 Å². The summed E-state index contributed by atoms with van der Waals surface area (Å²) in [7, 11) is 0. The fourth-order valence-electron chi connectivity index (χ4n) is 2.88. The monoisotopic (exact) mass is 339 g/mol. The van der Waals surface area contributed by atoms with Crippen molar-refractivity contribution in [2.45, 2.75) is 25.8 Å². The third kappa shape index (κ3) is 2.96. The number of rotatable bonds is 3. The number of nitrogens with zero attached hydrogens (tertiary/aromatic N) is 2. The Kier molecular flexibility index (Phi) is 4.00. The van der Waals surface area contributed by atoms with Crippen LogP contribution in [0, 0.1) is 6.92 Å². The van der Waals surface area contributed by atoms with Gasteiger partial charge in [0.1, 0.15) is 11.4 Å². The van der Waals surface area contributed by atoms with E-state index in [-0.39, 0.29) is 17.7 Å². The van der Waals surface area contributed by atoms with Crippen LogP contribution >= 0.6 is 0 Å². The van der Waals surface area contributed by atoms with E-state index in [0.717, 1.165) is 5.56 Å². The number of carbonyl (C=O) groups excluding carboxylic acids is 2. The molecule has 0 bridgehead atoms. The minimum Gasteiger partial charge on any atom is -0.478 e. The molecule has 0 aromatic heterocycles. The zero-order valence-corrected chi connectivity index (χ0v) is 13.8. The number of aromatic carboxylic acids is 1. The molecule has 0 aliphatic carbocycles. The standard InChI is InChI=1S/C18H17N3O4/c1-11-6-7-13(12(9-11)16(23)24)19-17(25)18(2)10-15(22)20-14-5-3-4-8-21(14)18/h3-9H,10H2,1-2H3,(H,19,25)(H,23,24). The van der Waals surface area contributed by atoms with Gasteiger partial charge in [-0.1, -0.05) is 17.7 Å². The van der Waals surface area contributed by atoms with Crippen molar-refractivity contribution >= 4 is 29.3 Å². The number of nitrogens with one attached hydrogen (secondary N) is 1. The number of benzene rings is 1. The Morgan fingerprint density at radius 2 is 2.08 bits per heavy atom. The van der Waals surface area contributed by atoms with Crippen LogP contribution in [0.15, 0.2) is 47.6 Å². The highest BCUT2D eigenvalue weighted by molar-refractivity contribution is 6.12. The van der Waals surface area contributed by atoms with Crippen molar-refractivity contribution in [1.29, 1.82) is 0 Å². The van der Waals surface area contributed by atoms with Gasteiger partial charge >= 0.3 is 5.97 Å². The summed E-state index contributed by atoms with van der Waals surface area (Å²) in [6, 6.07) is 4.75. The molecule has 2 aliphatic heterocycles. The number of carboxylic acid groups (broad SMARTS) is 1. The number of carbonyl (C=O) groups is 3. The molecule has 0 spiro atoms. The fourth-order valence-corrected chi connectivity index (χ4v) is 2.88. The smallest absolute Gasteiger partial charge is 0.337 e. The maximum Gasteiger partial charge on any atom is 0.337 e. The molecule has 0 radical (unpaired) electrons. The van der Waals surface area contributed by atoms with Gasteiger partial charge in [-0.25, -0.2) is 4.79 Å². The first kappa shape index (κ1) is 16.6. The molecular formula is C18H17N3O4. The maximum absolute atomic E-state index is 12.9. The van der Waals surface area contributed by atoms with Crippen LogP contribution in [0.25, 0.3) is 0 Å².